The van der Waals surface area contributed by atoms with Crippen molar-refractivity contribution < 1.29 is 45.8 Å². The van der Waals surface area contributed by atoms with Crippen molar-refractivity contribution in [3.05, 3.63) is 112 Å². The van der Waals surface area contributed by atoms with Gasteiger partial charge in [0.05, 0.1) is 28.9 Å². The summed E-state index contributed by atoms with van der Waals surface area (Å²) in [5, 5.41) is 12.5. The molecule has 1 saturated carbocycles. The van der Waals surface area contributed by atoms with Crippen LogP contribution in [-0.4, -0.2) is 127 Å². The van der Waals surface area contributed by atoms with E-state index in [9.17, 15) is 37.2 Å². The van der Waals surface area contributed by atoms with Crippen molar-refractivity contribution in [3.8, 4) is 29.0 Å². The molecule has 0 unspecified atom stereocenters. The van der Waals surface area contributed by atoms with Gasteiger partial charge in [0.2, 0.25) is 11.8 Å². The molecule has 0 bridgehead atoms. The van der Waals surface area contributed by atoms with Crippen molar-refractivity contribution in [1.82, 2.24) is 29.0 Å². The summed E-state index contributed by atoms with van der Waals surface area (Å²) in [5.41, 5.74) is 2.23. The van der Waals surface area contributed by atoms with E-state index in [1.165, 1.54) is 29.1 Å². The number of hydrogen-bond donors (Lipinski definition) is 2. The largest absolute Gasteiger partial charge is 0.490 e. The fourth-order valence-corrected chi connectivity index (χ4v) is 11.6. The van der Waals surface area contributed by atoms with Crippen LogP contribution in [0.3, 0.4) is 0 Å². The number of halogens is 2. The first-order valence-corrected chi connectivity index (χ1v) is 25.6. The zero-order chi connectivity index (χ0) is 50.3. The lowest BCUT2D eigenvalue weighted by molar-refractivity contribution is -0.136. The van der Waals surface area contributed by atoms with Crippen LogP contribution in [0, 0.1) is 23.1 Å². The average Bonchev–Trinajstić information content (AvgIpc) is 3.95. The van der Waals surface area contributed by atoms with Gasteiger partial charge in [0.25, 0.3) is 11.5 Å². The standard InChI is InChI=1S/C51H53F2N9O9S/c1-69-21-20-59(36-23-39(24-36)70-37-6-8-40-32(22-37)28-61(50(40)65)46-12-13-47(63)56-49(46)64)27-31-14-17-58(18-15-31)34-2-4-35(5-3-34)62-30-55-44-10-7-38(25-41(44)51(62)66)71-48-42(26-54)45(11-9-43(48)53)57-72(67,68)60-19-16-33(52)29-60/h2-11,22,25,30-31,33,36,39,46,57H,12-21,23-24,27-29H2,1H3,(H,56,63,64)/t33-,36?,39?,46+/m1/s1. The summed E-state index contributed by atoms with van der Waals surface area (Å²) >= 11 is 0. The molecule has 4 fully saturated rings. The molecule has 3 amide bonds. The Kier molecular flexibility index (Phi) is 13.7. The first-order valence-electron chi connectivity index (χ1n) is 24.1. The molecule has 3 saturated heterocycles. The molecule has 2 atom stereocenters. The molecule has 1 aliphatic carbocycles. The van der Waals surface area contributed by atoms with Crippen LogP contribution in [0.4, 0.5) is 20.2 Å². The third-order valence-corrected chi connectivity index (χ3v) is 15.9. The quantitative estimate of drug-likeness (QED) is 0.119. The number of carbonyl (C=O) groups excluding carboxylic acids is 3. The summed E-state index contributed by atoms with van der Waals surface area (Å²) in [7, 11) is -2.53. The van der Waals surface area contributed by atoms with Crippen molar-refractivity contribution in [3.63, 3.8) is 0 Å². The molecule has 2 N–H and O–H groups in total. The number of imide groups is 1. The van der Waals surface area contributed by atoms with Crippen LogP contribution in [0.2, 0.25) is 0 Å². The van der Waals surface area contributed by atoms with Gasteiger partial charge in [-0.15, -0.1) is 0 Å². The minimum atomic E-state index is -4.25. The highest BCUT2D eigenvalue weighted by atomic mass is 32.2. The first-order chi connectivity index (χ1) is 34.7. The first kappa shape index (κ1) is 48.6. The van der Waals surface area contributed by atoms with Crippen LogP contribution in [-0.2, 0) is 31.1 Å². The summed E-state index contributed by atoms with van der Waals surface area (Å²) in [6.45, 7) is 4.02. The average molecular weight is 1010 g/mol. The summed E-state index contributed by atoms with van der Waals surface area (Å²) < 4.78 is 77.2. The number of aromatic nitrogens is 2. The molecule has 0 spiro atoms. The number of anilines is 2. The number of carbonyl (C=O) groups is 3. The van der Waals surface area contributed by atoms with Gasteiger partial charge in [-0.25, -0.2) is 13.8 Å². The van der Waals surface area contributed by atoms with E-state index in [0.29, 0.717) is 54.0 Å². The minimum absolute atomic E-state index is 0.0101. The highest BCUT2D eigenvalue weighted by Gasteiger charge is 2.41. The summed E-state index contributed by atoms with van der Waals surface area (Å²) in [5.74, 6) is -1.26. The molecular weight excluding hydrogens is 953 g/mol. The fraction of sp³-hybridized carbons (Fsp3) is 0.412. The minimum Gasteiger partial charge on any atom is -0.490 e. The van der Waals surface area contributed by atoms with Crippen molar-refractivity contribution in [2.45, 2.75) is 75.8 Å². The second-order valence-electron chi connectivity index (χ2n) is 19.0. The van der Waals surface area contributed by atoms with Crippen LogP contribution < -0.4 is 30.0 Å². The van der Waals surface area contributed by atoms with E-state index in [0.717, 1.165) is 79.6 Å². The van der Waals surface area contributed by atoms with Gasteiger partial charge in [-0.3, -0.25) is 38.7 Å². The lowest BCUT2D eigenvalue weighted by Gasteiger charge is -2.45. The molecule has 21 heteroatoms. The Balaban J connectivity index is 0.737. The Morgan fingerprint density at radius 1 is 0.931 bits per heavy atom. The lowest BCUT2D eigenvalue weighted by Crippen LogP contribution is -2.52. The van der Waals surface area contributed by atoms with E-state index in [4.69, 9.17) is 14.2 Å². The molecule has 10 rings (SSSR count). The van der Waals surface area contributed by atoms with E-state index in [1.807, 2.05) is 36.4 Å². The molecule has 18 nitrogen and oxygen atoms in total. The molecule has 4 aromatic carbocycles. The number of hydrogen-bond acceptors (Lipinski definition) is 13. The molecular formula is C51H53F2N9O9S. The number of amides is 3. The smallest absolute Gasteiger partial charge is 0.301 e. The Bertz CT molecular complexity index is 3140. The second-order valence-corrected chi connectivity index (χ2v) is 20.7. The van der Waals surface area contributed by atoms with Crippen molar-refractivity contribution in [2.24, 2.45) is 5.92 Å². The molecule has 5 aliphatic rings. The summed E-state index contributed by atoms with van der Waals surface area (Å²) in [4.78, 5) is 62.1. The molecule has 0 radical (unpaired) electrons. The summed E-state index contributed by atoms with van der Waals surface area (Å²) in [6.07, 6.45) is 4.45. The van der Waals surface area contributed by atoms with Crippen LogP contribution >= 0.6 is 0 Å². The number of nitrogens with one attached hydrogen (secondary N) is 2. The van der Waals surface area contributed by atoms with Gasteiger partial charge in [0.15, 0.2) is 11.6 Å². The fourth-order valence-electron chi connectivity index (χ4n) is 10.3. The number of benzene rings is 4. The van der Waals surface area contributed by atoms with Gasteiger partial charge in [-0.1, -0.05) is 0 Å². The molecule has 5 aromatic rings. The number of alkyl halides is 1. The monoisotopic (exact) mass is 1010 g/mol. The SMILES string of the molecule is COCCN(CC1CCN(c2ccc(-n3cnc4ccc(Oc5c(F)ccc(NS(=O)(=O)N6CC[C@@H](F)C6)c5C#N)cc4c3=O)cc2)CC1)C1CC(Oc2ccc3c(c2)CN([C@H]2CCC(=O)NC2=O)C3=O)C1. The Labute approximate surface area is 414 Å². The van der Waals surface area contributed by atoms with Crippen LogP contribution in [0.25, 0.3) is 16.6 Å². The van der Waals surface area contributed by atoms with Crippen molar-refractivity contribution in [1.29, 1.82) is 5.26 Å². The van der Waals surface area contributed by atoms with E-state index < -0.39 is 51.0 Å². The highest BCUT2D eigenvalue weighted by Crippen LogP contribution is 2.37. The third kappa shape index (κ3) is 9.95. The zero-order valence-corrected chi connectivity index (χ0v) is 40.3. The van der Waals surface area contributed by atoms with Crippen LogP contribution in [0.5, 0.6) is 17.2 Å². The number of fused-ring (bicyclic) bond motifs is 2. The van der Waals surface area contributed by atoms with Crippen LogP contribution in [0.1, 0.15) is 66.4 Å². The topological polar surface area (TPSA) is 209 Å². The lowest BCUT2D eigenvalue weighted by atomic mass is 9.86. The van der Waals surface area contributed by atoms with Crippen molar-refractivity contribution in [2.75, 3.05) is 62.6 Å². The Morgan fingerprint density at radius 3 is 2.42 bits per heavy atom. The van der Waals surface area contributed by atoms with E-state index in [2.05, 4.69) is 24.8 Å². The van der Waals surface area contributed by atoms with Crippen molar-refractivity contribution >= 4 is 50.2 Å². The van der Waals surface area contributed by atoms with Gasteiger partial charge < -0.3 is 24.0 Å². The van der Waals surface area contributed by atoms with E-state index >= 15 is 4.39 Å². The van der Waals surface area contributed by atoms with Gasteiger partial charge >= 0.3 is 10.2 Å². The molecule has 4 aliphatic heterocycles. The normalized spacial score (nSPS) is 21.7. The summed E-state index contributed by atoms with van der Waals surface area (Å²) in [6, 6.07) is 21.1. The van der Waals surface area contributed by atoms with E-state index in [1.54, 1.807) is 24.1 Å². The molecule has 1 aromatic heterocycles. The maximum absolute atomic E-state index is 15.2. The predicted octanol–water partition coefficient (Wildman–Crippen LogP) is 5.43. The number of piperidine rings is 2. The number of rotatable bonds is 16. The number of nitriles is 1. The van der Waals surface area contributed by atoms with Gasteiger partial charge in [-0.2, -0.15) is 18.0 Å². The Morgan fingerprint density at radius 2 is 1.69 bits per heavy atom. The van der Waals surface area contributed by atoms with Gasteiger partial charge in [-0.05, 0) is 110 Å². The van der Waals surface area contributed by atoms with E-state index in [-0.39, 0.29) is 60.7 Å². The number of nitrogens with zero attached hydrogens (tertiary/aromatic N) is 7. The molecule has 72 heavy (non-hydrogen) atoms. The second kappa shape index (κ2) is 20.3. The third-order valence-electron chi connectivity index (χ3n) is 14.4. The number of ether oxygens (including phenoxy) is 3. The Hall–Kier alpha value is -6.99. The van der Waals surface area contributed by atoms with Gasteiger partial charge in [0, 0.05) is 89.5 Å². The van der Waals surface area contributed by atoms with Gasteiger partial charge in [0.1, 0.15) is 47.8 Å². The molecule has 376 valence electrons. The molecule has 5 heterocycles. The zero-order valence-electron chi connectivity index (χ0n) is 39.5. The maximum Gasteiger partial charge on any atom is 0.301 e. The number of methoxy groups -OCH3 is 1. The maximum atomic E-state index is 15.2. The highest BCUT2D eigenvalue weighted by molar-refractivity contribution is 7.90. The van der Waals surface area contributed by atoms with Crippen LogP contribution in [0.15, 0.2) is 83.9 Å². The predicted molar refractivity (Wildman–Crippen MR) is 260 cm³/mol.